The molecule has 1 unspecified atom stereocenters. The van der Waals surface area contributed by atoms with Gasteiger partial charge in [-0.1, -0.05) is 359 Å². The Balaban J connectivity index is 4.13. The molecule has 1 atom stereocenters. The van der Waals surface area contributed by atoms with Crippen molar-refractivity contribution in [3.05, 3.63) is 36.5 Å². The molecule has 0 aromatic heterocycles. The summed E-state index contributed by atoms with van der Waals surface area (Å²) in [6, 6.07) is 0. The molecule has 0 aliphatic rings. The van der Waals surface area contributed by atoms with Crippen LogP contribution < -0.4 is 0 Å². The van der Waals surface area contributed by atoms with Gasteiger partial charge in [-0.2, -0.15) is 0 Å². The lowest BCUT2D eigenvalue weighted by atomic mass is 10.0. The van der Waals surface area contributed by atoms with E-state index in [1.165, 1.54) is 283 Å². The minimum absolute atomic E-state index is 0.0697. The molecule has 0 aromatic carbocycles. The monoisotopic (exact) mass is 1120 g/mol. The number of allylic oxidation sites excluding steroid dienone is 6. The second-order valence-corrected chi connectivity index (χ2v) is 24.5. The molecule has 470 valence electrons. The van der Waals surface area contributed by atoms with Crippen molar-refractivity contribution in [3.8, 4) is 0 Å². The summed E-state index contributed by atoms with van der Waals surface area (Å²) in [5, 5.41) is 0. The van der Waals surface area contributed by atoms with Gasteiger partial charge < -0.3 is 14.2 Å². The van der Waals surface area contributed by atoms with E-state index in [1.54, 1.807) is 0 Å². The second-order valence-electron chi connectivity index (χ2n) is 24.5. The SMILES string of the molecule is CCCCCCC/C=C\C/C=C\C/C=C\CCCCCCCCCCC(=O)OC(COC(=O)CCCCCCCCCCCC)COC(=O)CCCCCCCCCCCCCCCCCCCCCCCCCCCCCCC. The lowest BCUT2D eigenvalue weighted by Gasteiger charge is -2.18. The van der Waals surface area contributed by atoms with Crippen LogP contribution >= 0.6 is 0 Å². The third kappa shape index (κ3) is 66.4. The van der Waals surface area contributed by atoms with Crippen LogP contribution in [0.3, 0.4) is 0 Å². The molecular formula is C74H138O6. The second kappa shape index (κ2) is 69.1. The van der Waals surface area contributed by atoms with Crippen molar-refractivity contribution in [2.24, 2.45) is 0 Å². The minimum atomic E-state index is -0.773. The molecule has 6 heteroatoms. The first kappa shape index (κ1) is 77.6. The number of carbonyl (C=O) groups is 3. The number of rotatable bonds is 67. The van der Waals surface area contributed by atoms with Crippen LogP contribution in [0.1, 0.15) is 400 Å². The lowest BCUT2D eigenvalue weighted by molar-refractivity contribution is -0.167. The fourth-order valence-corrected chi connectivity index (χ4v) is 11.0. The molecule has 0 aromatic rings. The summed E-state index contributed by atoms with van der Waals surface area (Å²) < 4.78 is 17.0. The molecule has 0 aliphatic carbocycles. The van der Waals surface area contributed by atoms with Gasteiger partial charge in [0, 0.05) is 19.3 Å². The van der Waals surface area contributed by atoms with Crippen molar-refractivity contribution in [1.29, 1.82) is 0 Å². The molecule has 0 spiro atoms. The Morgan fingerprint density at radius 3 is 0.700 bits per heavy atom. The van der Waals surface area contributed by atoms with Crippen molar-refractivity contribution in [2.75, 3.05) is 13.2 Å². The third-order valence-corrected chi connectivity index (χ3v) is 16.4. The number of carbonyl (C=O) groups excluding carboxylic acids is 3. The average molecular weight is 1120 g/mol. The van der Waals surface area contributed by atoms with Crippen molar-refractivity contribution in [3.63, 3.8) is 0 Å². The first-order valence-corrected chi connectivity index (χ1v) is 36.0. The minimum Gasteiger partial charge on any atom is -0.462 e. The van der Waals surface area contributed by atoms with Gasteiger partial charge in [-0.15, -0.1) is 0 Å². The van der Waals surface area contributed by atoms with Gasteiger partial charge in [0.1, 0.15) is 13.2 Å². The number of hydrogen-bond donors (Lipinski definition) is 0. The summed E-state index contributed by atoms with van der Waals surface area (Å²) in [7, 11) is 0. The van der Waals surface area contributed by atoms with Gasteiger partial charge in [-0.25, -0.2) is 0 Å². The van der Waals surface area contributed by atoms with E-state index in [0.717, 1.165) is 77.0 Å². The van der Waals surface area contributed by atoms with E-state index >= 15 is 0 Å². The van der Waals surface area contributed by atoms with E-state index in [-0.39, 0.29) is 31.1 Å². The standard InChI is InChI=1S/C74H138O6/c1-4-7-10-13-16-19-22-24-26-28-30-32-34-35-36-37-38-39-41-42-44-46-48-50-52-55-58-61-64-67-73(76)79-70-71(69-78-72(75)66-63-60-57-54-21-18-15-12-9-6-3)80-74(77)68-65-62-59-56-53-51-49-47-45-43-40-33-31-29-27-25-23-20-17-14-11-8-5-2/h23,25,29,31,40,43,71H,4-22,24,26-28,30,32-39,41-42,44-70H2,1-3H3/b25-23-,31-29-,43-40-. The molecule has 0 bridgehead atoms. The topological polar surface area (TPSA) is 78.9 Å². The molecule has 0 fully saturated rings. The maximum Gasteiger partial charge on any atom is 0.306 e. The van der Waals surface area contributed by atoms with Crippen LogP contribution in [0.15, 0.2) is 36.5 Å². The normalized spacial score (nSPS) is 12.2. The Morgan fingerprint density at radius 1 is 0.250 bits per heavy atom. The summed E-state index contributed by atoms with van der Waals surface area (Å²) in [6.45, 7) is 6.68. The maximum atomic E-state index is 12.9. The largest absolute Gasteiger partial charge is 0.462 e. The van der Waals surface area contributed by atoms with Gasteiger partial charge in [0.15, 0.2) is 6.10 Å². The zero-order chi connectivity index (χ0) is 57.8. The van der Waals surface area contributed by atoms with Crippen LogP contribution in [0, 0.1) is 0 Å². The predicted molar refractivity (Wildman–Crippen MR) is 349 cm³/mol. The Morgan fingerprint density at radius 2 is 0.450 bits per heavy atom. The first-order chi connectivity index (χ1) is 39.5. The fourth-order valence-electron chi connectivity index (χ4n) is 11.0. The zero-order valence-electron chi connectivity index (χ0n) is 54.1. The molecule has 0 saturated carbocycles. The summed E-state index contributed by atoms with van der Waals surface area (Å²) in [4.78, 5) is 38.3. The Bertz CT molecular complexity index is 1340. The fraction of sp³-hybridized carbons (Fsp3) is 0.878. The van der Waals surface area contributed by atoms with Gasteiger partial charge in [-0.3, -0.25) is 14.4 Å². The van der Waals surface area contributed by atoms with Gasteiger partial charge >= 0.3 is 17.9 Å². The van der Waals surface area contributed by atoms with E-state index < -0.39 is 6.10 Å². The molecule has 0 aliphatic heterocycles. The van der Waals surface area contributed by atoms with Crippen LogP contribution in [0.5, 0.6) is 0 Å². The molecule has 0 rings (SSSR count). The van der Waals surface area contributed by atoms with Crippen molar-refractivity contribution in [1.82, 2.24) is 0 Å². The van der Waals surface area contributed by atoms with Crippen LogP contribution in [0.4, 0.5) is 0 Å². The van der Waals surface area contributed by atoms with Crippen LogP contribution in [-0.2, 0) is 28.6 Å². The number of esters is 3. The number of ether oxygens (including phenoxy) is 3. The molecule has 0 radical (unpaired) electrons. The molecule has 0 saturated heterocycles. The summed E-state index contributed by atoms with van der Waals surface area (Å²) in [5.74, 6) is -0.851. The molecule has 0 heterocycles. The molecule has 80 heavy (non-hydrogen) atoms. The Labute approximate surface area is 499 Å². The van der Waals surface area contributed by atoms with E-state index in [4.69, 9.17) is 14.2 Å². The lowest BCUT2D eigenvalue weighted by Crippen LogP contribution is -2.30. The van der Waals surface area contributed by atoms with Crippen molar-refractivity contribution >= 4 is 17.9 Å². The molecule has 0 amide bonds. The van der Waals surface area contributed by atoms with Crippen LogP contribution in [-0.4, -0.2) is 37.2 Å². The van der Waals surface area contributed by atoms with Crippen molar-refractivity contribution in [2.45, 2.75) is 406 Å². The van der Waals surface area contributed by atoms with Crippen molar-refractivity contribution < 1.29 is 28.6 Å². The number of hydrogen-bond acceptors (Lipinski definition) is 6. The van der Waals surface area contributed by atoms with Gasteiger partial charge in [0.05, 0.1) is 0 Å². The highest BCUT2D eigenvalue weighted by atomic mass is 16.6. The maximum absolute atomic E-state index is 12.9. The van der Waals surface area contributed by atoms with Crippen LogP contribution in [0.25, 0.3) is 0 Å². The van der Waals surface area contributed by atoms with E-state index in [9.17, 15) is 14.4 Å². The molecule has 0 N–H and O–H groups in total. The van der Waals surface area contributed by atoms with Gasteiger partial charge in [0.25, 0.3) is 0 Å². The number of unbranched alkanes of at least 4 members (excludes halogenated alkanes) is 50. The summed E-state index contributed by atoms with van der Waals surface area (Å²) in [5.41, 5.74) is 0. The third-order valence-electron chi connectivity index (χ3n) is 16.4. The quantitative estimate of drug-likeness (QED) is 0.0261. The Kier molecular flexibility index (Phi) is 67.1. The van der Waals surface area contributed by atoms with Gasteiger partial charge in [-0.05, 0) is 57.8 Å². The summed E-state index contributed by atoms with van der Waals surface area (Å²) >= 11 is 0. The molecule has 6 nitrogen and oxygen atoms in total. The molecular weight excluding hydrogens is 985 g/mol. The highest BCUT2D eigenvalue weighted by molar-refractivity contribution is 5.71. The van der Waals surface area contributed by atoms with Crippen LogP contribution in [0.2, 0.25) is 0 Å². The van der Waals surface area contributed by atoms with E-state index in [0.29, 0.717) is 19.3 Å². The predicted octanol–water partition coefficient (Wildman–Crippen LogP) is 24.7. The summed E-state index contributed by atoms with van der Waals surface area (Å²) in [6.07, 6.45) is 86.2. The highest BCUT2D eigenvalue weighted by Crippen LogP contribution is 2.19. The van der Waals surface area contributed by atoms with E-state index in [2.05, 4.69) is 57.2 Å². The smallest absolute Gasteiger partial charge is 0.306 e. The highest BCUT2D eigenvalue weighted by Gasteiger charge is 2.19. The Hall–Kier alpha value is -2.37. The first-order valence-electron chi connectivity index (χ1n) is 36.0. The zero-order valence-corrected chi connectivity index (χ0v) is 54.1. The van der Waals surface area contributed by atoms with Gasteiger partial charge in [0.2, 0.25) is 0 Å². The van der Waals surface area contributed by atoms with E-state index in [1.807, 2.05) is 0 Å². The average Bonchev–Trinajstić information content (AvgIpc) is 3.46.